The number of benzene rings is 1. The molecule has 7 heteroatoms. The van der Waals surface area contributed by atoms with E-state index >= 15 is 0 Å². The van der Waals surface area contributed by atoms with Gasteiger partial charge in [-0.1, -0.05) is 17.7 Å². The van der Waals surface area contributed by atoms with Crippen molar-refractivity contribution < 1.29 is 4.79 Å². The largest absolute Gasteiger partial charge is 0.358 e. The monoisotopic (exact) mass is 333 g/mol. The van der Waals surface area contributed by atoms with Crippen LogP contribution in [0.4, 0.5) is 0 Å². The quantitative estimate of drug-likeness (QED) is 0.880. The summed E-state index contributed by atoms with van der Waals surface area (Å²) in [7, 11) is 1.65. The van der Waals surface area contributed by atoms with Gasteiger partial charge in [-0.3, -0.25) is 9.69 Å². The Morgan fingerprint density at radius 1 is 1.52 bits per heavy atom. The minimum atomic E-state index is -0.176. The van der Waals surface area contributed by atoms with Crippen LogP contribution in [0.25, 0.3) is 5.69 Å². The zero-order chi connectivity index (χ0) is 16.4. The van der Waals surface area contributed by atoms with Gasteiger partial charge in [-0.05, 0) is 24.6 Å². The molecule has 3 rings (SSSR count). The maximum absolute atomic E-state index is 12.0. The Morgan fingerprint density at radius 3 is 3.09 bits per heavy atom. The molecule has 0 aliphatic carbocycles. The highest BCUT2D eigenvalue weighted by molar-refractivity contribution is 6.30. The Kier molecular flexibility index (Phi) is 4.66. The molecule has 2 aromatic rings. The molecule has 1 aliphatic heterocycles. The average Bonchev–Trinajstić information content (AvgIpc) is 3.14. The molecule has 122 valence electrons. The summed E-state index contributed by atoms with van der Waals surface area (Å²) in [6.07, 6.45) is 4.45. The first-order valence-electron chi connectivity index (χ1n) is 7.57. The van der Waals surface area contributed by atoms with E-state index in [1.54, 1.807) is 11.7 Å². The Labute approximate surface area is 140 Å². The van der Waals surface area contributed by atoms with Crippen molar-refractivity contribution in [3.05, 3.63) is 47.2 Å². The minimum absolute atomic E-state index is 0.0141. The van der Waals surface area contributed by atoms with Gasteiger partial charge < -0.3 is 11.1 Å². The third-order valence-corrected chi connectivity index (χ3v) is 4.31. The molecule has 6 nitrogen and oxygen atoms in total. The number of carbonyl (C=O) groups excluding carboxylic acids is 1. The van der Waals surface area contributed by atoms with Gasteiger partial charge in [0.25, 0.3) is 0 Å². The van der Waals surface area contributed by atoms with Gasteiger partial charge in [0.2, 0.25) is 5.91 Å². The van der Waals surface area contributed by atoms with E-state index in [-0.39, 0.29) is 18.0 Å². The zero-order valence-electron chi connectivity index (χ0n) is 12.9. The van der Waals surface area contributed by atoms with Crippen molar-refractivity contribution in [2.45, 2.75) is 25.0 Å². The predicted molar refractivity (Wildman–Crippen MR) is 89.4 cm³/mol. The van der Waals surface area contributed by atoms with Gasteiger partial charge in [0, 0.05) is 43.0 Å². The molecule has 1 aromatic heterocycles. The molecule has 1 saturated heterocycles. The van der Waals surface area contributed by atoms with Crippen molar-refractivity contribution in [3.63, 3.8) is 0 Å². The van der Waals surface area contributed by atoms with Crippen molar-refractivity contribution in [1.82, 2.24) is 20.0 Å². The van der Waals surface area contributed by atoms with Crippen LogP contribution in [-0.4, -0.2) is 46.3 Å². The third kappa shape index (κ3) is 3.55. The summed E-state index contributed by atoms with van der Waals surface area (Å²) in [5.74, 6) is 0.0141. The highest BCUT2D eigenvalue weighted by Gasteiger charge is 2.34. The summed E-state index contributed by atoms with van der Waals surface area (Å²) < 4.78 is 1.78. The van der Waals surface area contributed by atoms with Gasteiger partial charge in [0.05, 0.1) is 17.9 Å². The van der Waals surface area contributed by atoms with Crippen LogP contribution in [0, 0.1) is 0 Å². The van der Waals surface area contributed by atoms with E-state index in [2.05, 4.69) is 15.3 Å². The molecule has 0 radical (unpaired) electrons. The van der Waals surface area contributed by atoms with Crippen molar-refractivity contribution in [2.24, 2.45) is 5.73 Å². The molecule has 2 atom stereocenters. The predicted octanol–water partition coefficient (Wildman–Crippen LogP) is 1.17. The summed E-state index contributed by atoms with van der Waals surface area (Å²) in [6, 6.07) is 7.37. The van der Waals surface area contributed by atoms with Crippen LogP contribution in [0.3, 0.4) is 0 Å². The van der Waals surface area contributed by atoms with Gasteiger partial charge in [-0.2, -0.15) is 5.10 Å². The molecule has 0 saturated carbocycles. The molecule has 1 amide bonds. The molecule has 0 unspecified atom stereocenters. The van der Waals surface area contributed by atoms with Crippen LogP contribution in [-0.2, 0) is 11.3 Å². The van der Waals surface area contributed by atoms with Crippen molar-refractivity contribution in [2.75, 3.05) is 13.6 Å². The van der Waals surface area contributed by atoms with E-state index in [0.717, 1.165) is 11.3 Å². The summed E-state index contributed by atoms with van der Waals surface area (Å²) >= 11 is 6.02. The number of carbonyl (C=O) groups is 1. The topological polar surface area (TPSA) is 76.2 Å². The van der Waals surface area contributed by atoms with Gasteiger partial charge in [0.15, 0.2) is 0 Å². The molecule has 3 N–H and O–H groups in total. The number of rotatable bonds is 4. The lowest BCUT2D eigenvalue weighted by Gasteiger charge is -2.21. The van der Waals surface area contributed by atoms with Gasteiger partial charge >= 0.3 is 0 Å². The molecule has 1 fully saturated rings. The molecule has 1 aromatic carbocycles. The number of nitrogens with zero attached hydrogens (tertiary/aromatic N) is 3. The van der Waals surface area contributed by atoms with Crippen molar-refractivity contribution in [1.29, 1.82) is 0 Å². The van der Waals surface area contributed by atoms with Crippen LogP contribution in [0.2, 0.25) is 5.02 Å². The number of nitrogens with one attached hydrogen (secondary N) is 1. The normalized spacial score (nSPS) is 21.5. The SMILES string of the molecule is CNC(=O)[C@@H]1C[C@H](N)CN1Cc1cnn(-c2cccc(Cl)c2)c1. The number of likely N-dealkylation sites (N-methyl/N-ethyl adjacent to an activating group) is 1. The Balaban J connectivity index is 1.75. The Morgan fingerprint density at radius 2 is 2.35 bits per heavy atom. The maximum Gasteiger partial charge on any atom is 0.237 e. The highest BCUT2D eigenvalue weighted by atomic mass is 35.5. The summed E-state index contributed by atoms with van der Waals surface area (Å²) in [4.78, 5) is 14.1. The maximum atomic E-state index is 12.0. The molecular formula is C16H20ClN5O. The lowest BCUT2D eigenvalue weighted by molar-refractivity contribution is -0.125. The van der Waals surface area contributed by atoms with Crippen molar-refractivity contribution >= 4 is 17.5 Å². The molecule has 2 heterocycles. The first-order chi connectivity index (χ1) is 11.1. The van der Waals surface area contributed by atoms with E-state index in [9.17, 15) is 4.79 Å². The fourth-order valence-corrected chi connectivity index (χ4v) is 3.17. The Bertz CT molecular complexity index is 701. The second-order valence-electron chi connectivity index (χ2n) is 5.83. The molecular weight excluding hydrogens is 314 g/mol. The van der Waals surface area contributed by atoms with Gasteiger partial charge in [-0.15, -0.1) is 0 Å². The fourth-order valence-electron chi connectivity index (χ4n) is 2.99. The number of hydrogen-bond acceptors (Lipinski definition) is 4. The minimum Gasteiger partial charge on any atom is -0.358 e. The van der Waals surface area contributed by atoms with E-state index < -0.39 is 0 Å². The number of hydrogen-bond donors (Lipinski definition) is 2. The molecule has 23 heavy (non-hydrogen) atoms. The number of halogens is 1. The van der Waals surface area contributed by atoms with Gasteiger partial charge in [0.1, 0.15) is 0 Å². The second-order valence-corrected chi connectivity index (χ2v) is 6.26. The lowest BCUT2D eigenvalue weighted by atomic mass is 10.1. The second kappa shape index (κ2) is 6.70. The van der Waals surface area contributed by atoms with Crippen LogP contribution in [0.1, 0.15) is 12.0 Å². The third-order valence-electron chi connectivity index (χ3n) is 4.08. The lowest BCUT2D eigenvalue weighted by Crippen LogP contribution is -2.41. The van der Waals surface area contributed by atoms with Crippen molar-refractivity contribution in [3.8, 4) is 5.69 Å². The highest BCUT2D eigenvalue weighted by Crippen LogP contribution is 2.20. The van der Waals surface area contributed by atoms with Crippen LogP contribution in [0.5, 0.6) is 0 Å². The average molecular weight is 334 g/mol. The van der Waals surface area contributed by atoms with E-state index in [1.165, 1.54) is 0 Å². The molecule has 0 spiro atoms. The number of aromatic nitrogens is 2. The smallest absolute Gasteiger partial charge is 0.237 e. The summed E-state index contributed by atoms with van der Waals surface area (Å²) in [5.41, 5.74) is 7.96. The fraction of sp³-hybridized carbons (Fsp3) is 0.375. The van der Waals surface area contributed by atoms with E-state index in [0.29, 0.717) is 24.5 Å². The summed E-state index contributed by atoms with van der Waals surface area (Å²) in [6.45, 7) is 1.35. The van der Waals surface area contributed by atoms with Gasteiger partial charge in [-0.25, -0.2) is 4.68 Å². The first-order valence-corrected chi connectivity index (χ1v) is 7.95. The summed E-state index contributed by atoms with van der Waals surface area (Å²) in [5, 5.41) is 7.76. The molecule has 1 aliphatic rings. The standard InChI is InChI=1S/C16H20ClN5O/c1-19-16(23)15-6-13(18)10-21(15)8-11-7-20-22(9-11)14-4-2-3-12(17)5-14/h2-5,7,9,13,15H,6,8,10,18H2,1H3,(H,19,23)/t13-,15-/m0/s1. The van der Waals surface area contributed by atoms with Crippen LogP contribution >= 0.6 is 11.6 Å². The van der Waals surface area contributed by atoms with Crippen LogP contribution in [0.15, 0.2) is 36.7 Å². The first kappa shape index (κ1) is 16.0. The number of likely N-dealkylation sites (tertiary alicyclic amines) is 1. The molecule has 0 bridgehead atoms. The van der Waals surface area contributed by atoms with E-state index in [4.69, 9.17) is 17.3 Å². The zero-order valence-corrected chi connectivity index (χ0v) is 13.7. The van der Waals surface area contributed by atoms with E-state index in [1.807, 2.05) is 36.7 Å². The number of amides is 1. The Hall–Kier alpha value is -1.89. The number of nitrogens with two attached hydrogens (primary N) is 1. The van der Waals surface area contributed by atoms with Crippen LogP contribution < -0.4 is 11.1 Å².